The van der Waals surface area contributed by atoms with Gasteiger partial charge in [-0.05, 0) is 19.8 Å². The van der Waals surface area contributed by atoms with Crippen molar-refractivity contribution in [3.05, 3.63) is 0 Å². The summed E-state index contributed by atoms with van der Waals surface area (Å²) in [5.41, 5.74) is 0. The summed E-state index contributed by atoms with van der Waals surface area (Å²) in [7, 11) is 1.65. The van der Waals surface area contributed by atoms with Crippen LogP contribution in [0.2, 0.25) is 0 Å². The highest BCUT2D eigenvalue weighted by Crippen LogP contribution is 2.07. The van der Waals surface area contributed by atoms with Crippen LogP contribution in [0.25, 0.3) is 0 Å². The average Bonchev–Trinajstić information content (AvgIpc) is 1.87. The van der Waals surface area contributed by atoms with Crippen LogP contribution < -0.4 is 0 Å². The van der Waals surface area contributed by atoms with Crippen LogP contribution in [0.3, 0.4) is 0 Å². The van der Waals surface area contributed by atoms with Gasteiger partial charge in [-0.1, -0.05) is 13.8 Å². The zero-order valence-electron chi connectivity index (χ0n) is 7.55. The van der Waals surface area contributed by atoms with E-state index in [1.807, 2.05) is 6.92 Å². The Kier molecular flexibility index (Phi) is 4.65. The van der Waals surface area contributed by atoms with Gasteiger partial charge in [0, 0.05) is 7.11 Å². The second kappa shape index (κ2) is 4.69. The Morgan fingerprint density at radius 2 is 1.50 bits per heavy atom. The van der Waals surface area contributed by atoms with Gasteiger partial charge in [0.1, 0.15) is 0 Å². The molecule has 62 valence electrons. The molecule has 0 aliphatic carbocycles. The first kappa shape index (κ1) is 9.92. The number of hydrogen-bond acceptors (Lipinski definition) is 2. The summed E-state index contributed by atoms with van der Waals surface area (Å²) in [4.78, 5) is 0. The standard InChI is InChI=1S/C8H18O2/c1-6(2)7(3)10-8(4)9-5/h6-8H,1-5H3. The van der Waals surface area contributed by atoms with Gasteiger partial charge in [-0.15, -0.1) is 0 Å². The van der Waals surface area contributed by atoms with Crippen molar-refractivity contribution >= 4 is 0 Å². The van der Waals surface area contributed by atoms with Crippen molar-refractivity contribution in [2.24, 2.45) is 5.92 Å². The SMILES string of the molecule is COC(C)OC(C)C(C)C. The van der Waals surface area contributed by atoms with Crippen molar-refractivity contribution in [3.63, 3.8) is 0 Å². The molecule has 2 unspecified atom stereocenters. The molecule has 0 saturated heterocycles. The van der Waals surface area contributed by atoms with Gasteiger partial charge in [-0.3, -0.25) is 0 Å². The fraction of sp³-hybridized carbons (Fsp3) is 1.00. The minimum absolute atomic E-state index is 0.0857. The van der Waals surface area contributed by atoms with Crippen molar-refractivity contribution in [3.8, 4) is 0 Å². The molecule has 0 N–H and O–H groups in total. The zero-order chi connectivity index (χ0) is 8.15. The lowest BCUT2D eigenvalue weighted by Gasteiger charge is -2.20. The lowest BCUT2D eigenvalue weighted by molar-refractivity contribution is -0.149. The number of rotatable bonds is 4. The molecule has 0 amide bonds. The second-order valence-corrected chi connectivity index (χ2v) is 2.89. The minimum Gasteiger partial charge on any atom is -0.356 e. The molecular weight excluding hydrogens is 128 g/mol. The van der Waals surface area contributed by atoms with Crippen LogP contribution in [0.1, 0.15) is 27.7 Å². The Morgan fingerprint density at radius 1 is 1.00 bits per heavy atom. The third kappa shape index (κ3) is 3.85. The van der Waals surface area contributed by atoms with Crippen LogP contribution in [-0.4, -0.2) is 19.5 Å². The van der Waals surface area contributed by atoms with E-state index in [-0.39, 0.29) is 12.4 Å². The van der Waals surface area contributed by atoms with E-state index < -0.39 is 0 Å². The molecule has 0 aliphatic rings. The van der Waals surface area contributed by atoms with E-state index in [1.54, 1.807) is 7.11 Å². The van der Waals surface area contributed by atoms with Gasteiger partial charge in [0.05, 0.1) is 6.10 Å². The van der Waals surface area contributed by atoms with E-state index in [0.717, 1.165) is 0 Å². The largest absolute Gasteiger partial charge is 0.356 e. The second-order valence-electron chi connectivity index (χ2n) is 2.89. The van der Waals surface area contributed by atoms with Gasteiger partial charge in [-0.25, -0.2) is 0 Å². The molecule has 0 spiro atoms. The first-order chi connectivity index (χ1) is 4.57. The Labute approximate surface area is 63.5 Å². The Hall–Kier alpha value is -0.0800. The predicted molar refractivity (Wildman–Crippen MR) is 41.9 cm³/mol. The molecule has 0 bridgehead atoms. The molecule has 0 aliphatic heterocycles. The van der Waals surface area contributed by atoms with Crippen LogP contribution in [0.4, 0.5) is 0 Å². The highest BCUT2D eigenvalue weighted by molar-refractivity contribution is 4.54. The van der Waals surface area contributed by atoms with Crippen molar-refractivity contribution in [1.29, 1.82) is 0 Å². The van der Waals surface area contributed by atoms with Crippen molar-refractivity contribution in [2.45, 2.75) is 40.1 Å². The lowest BCUT2D eigenvalue weighted by atomic mass is 10.1. The van der Waals surface area contributed by atoms with E-state index in [0.29, 0.717) is 5.92 Å². The molecular formula is C8H18O2. The monoisotopic (exact) mass is 146 g/mol. The summed E-state index contributed by atoms with van der Waals surface area (Å²) in [6.45, 7) is 8.22. The summed E-state index contributed by atoms with van der Waals surface area (Å²) in [6, 6.07) is 0. The van der Waals surface area contributed by atoms with Crippen LogP contribution in [0.15, 0.2) is 0 Å². The molecule has 10 heavy (non-hydrogen) atoms. The van der Waals surface area contributed by atoms with E-state index in [1.165, 1.54) is 0 Å². The Bertz CT molecular complexity index is 81.3. The van der Waals surface area contributed by atoms with E-state index >= 15 is 0 Å². The molecule has 2 heteroatoms. The normalized spacial score (nSPS) is 17.4. The third-order valence-electron chi connectivity index (χ3n) is 1.68. The van der Waals surface area contributed by atoms with Crippen molar-refractivity contribution in [1.82, 2.24) is 0 Å². The highest BCUT2D eigenvalue weighted by atomic mass is 16.7. The first-order valence-corrected chi connectivity index (χ1v) is 3.76. The topological polar surface area (TPSA) is 18.5 Å². The molecule has 0 saturated carbocycles. The quantitative estimate of drug-likeness (QED) is 0.565. The zero-order valence-corrected chi connectivity index (χ0v) is 7.55. The average molecular weight is 146 g/mol. The Balaban J connectivity index is 3.46. The van der Waals surface area contributed by atoms with Gasteiger partial charge in [0.2, 0.25) is 0 Å². The maximum Gasteiger partial charge on any atom is 0.154 e. The van der Waals surface area contributed by atoms with E-state index in [4.69, 9.17) is 9.47 Å². The molecule has 2 nitrogen and oxygen atoms in total. The minimum atomic E-state index is -0.0857. The number of methoxy groups -OCH3 is 1. The summed E-state index contributed by atoms with van der Waals surface area (Å²) in [5.74, 6) is 0.553. The summed E-state index contributed by atoms with van der Waals surface area (Å²) < 4.78 is 10.4. The molecule has 0 rings (SSSR count). The molecule has 0 fully saturated rings. The fourth-order valence-electron chi connectivity index (χ4n) is 0.515. The molecule has 0 aromatic carbocycles. The van der Waals surface area contributed by atoms with Crippen LogP contribution in [0.5, 0.6) is 0 Å². The maximum atomic E-state index is 5.44. The summed E-state index contributed by atoms with van der Waals surface area (Å²) in [5, 5.41) is 0. The first-order valence-electron chi connectivity index (χ1n) is 3.76. The van der Waals surface area contributed by atoms with Gasteiger partial charge < -0.3 is 9.47 Å². The maximum absolute atomic E-state index is 5.44. The van der Waals surface area contributed by atoms with Crippen LogP contribution in [-0.2, 0) is 9.47 Å². The van der Waals surface area contributed by atoms with E-state index in [9.17, 15) is 0 Å². The molecule has 0 aromatic heterocycles. The van der Waals surface area contributed by atoms with Crippen LogP contribution >= 0.6 is 0 Å². The fourth-order valence-corrected chi connectivity index (χ4v) is 0.515. The molecule has 0 radical (unpaired) electrons. The highest BCUT2D eigenvalue weighted by Gasteiger charge is 2.10. The summed E-state index contributed by atoms with van der Waals surface area (Å²) >= 11 is 0. The smallest absolute Gasteiger partial charge is 0.154 e. The lowest BCUT2D eigenvalue weighted by Crippen LogP contribution is -2.22. The molecule has 0 aromatic rings. The molecule has 2 atom stereocenters. The van der Waals surface area contributed by atoms with Crippen molar-refractivity contribution < 1.29 is 9.47 Å². The van der Waals surface area contributed by atoms with Gasteiger partial charge >= 0.3 is 0 Å². The summed E-state index contributed by atoms with van der Waals surface area (Å²) in [6.07, 6.45) is 0.187. The number of ether oxygens (including phenoxy) is 2. The molecule has 0 heterocycles. The predicted octanol–water partition coefficient (Wildman–Crippen LogP) is 2.04. The van der Waals surface area contributed by atoms with Gasteiger partial charge in [0.15, 0.2) is 6.29 Å². The van der Waals surface area contributed by atoms with Gasteiger partial charge in [0.25, 0.3) is 0 Å². The third-order valence-corrected chi connectivity index (χ3v) is 1.68. The van der Waals surface area contributed by atoms with Crippen molar-refractivity contribution in [2.75, 3.05) is 7.11 Å². The van der Waals surface area contributed by atoms with E-state index in [2.05, 4.69) is 20.8 Å². The number of hydrogen-bond donors (Lipinski definition) is 0. The Morgan fingerprint density at radius 3 is 1.80 bits per heavy atom. The van der Waals surface area contributed by atoms with Crippen LogP contribution in [0, 0.1) is 5.92 Å². The van der Waals surface area contributed by atoms with Gasteiger partial charge in [-0.2, -0.15) is 0 Å².